The second-order valence-corrected chi connectivity index (χ2v) is 7.45. The number of anilines is 1. The lowest BCUT2D eigenvalue weighted by molar-refractivity contribution is -0.114. The highest BCUT2D eigenvalue weighted by Crippen LogP contribution is 2.29. The van der Waals surface area contributed by atoms with Gasteiger partial charge in [0.25, 0.3) is 0 Å². The molecule has 27 heavy (non-hydrogen) atoms. The molecular formula is C19H20N4O3S. The molecule has 0 aliphatic carbocycles. The van der Waals surface area contributed by atoms with Crippen molar-refractivity contribution in [1.29, 1.82) is 0 Å². The quantitative estimate of drug-likeness (QED) is 0.515. The Hall–Kier alpha value is -2.87. The van der Waals surface area contributed by atoms with Crippen molar-refractivity contribution < 1.29 is 14.0 Å². The average Bonchev–Trinajstić information content (AvgIpc) is 3.20. The minimum Gasteiger partial charge on any atom is -0.469 e. The molecule has 0 saturated carbocycles. The second-order valence-electron chi connectivity index (χ2n) is 6.14. The maximum atomic E-state index is 12.7. The number of thioether (sulfide) groups is 1. The summed E-state index contributed by atoms with van der Waals surface area (Å²) in [5, 5.41) is 11.4. The molecular weight excluding hydrogens is 364 g/mol. The molecule has 2 heterocycles. The van der Waals surface area contributed by atoms with E-state index in [-0.39, 0.29) is 16.9 Å². The number of Topliss-reactive ketones (excluding diaryl/α,β-unsaturated/α-hetero) is 1. The molecule has 0 saturated heterocycles. The van der Waals surface area contributed by atoms with Crippen LogP contribution in [0.3, 0.4) is 0 Å². The number of aryl methyl sites for hydroxylation is 1. The van der Waals surface area contributed by atoms with Crippen molar-refractivity contribution in [3.05, 3.63) is 47.9 Å². The highest BCUT2D eigenvalue weighted by molar-refractivity contribution is 8.00. The number of nitrogens with one attached hydrogen (secondary N) is 1. The molecule has 7 nitrogen and oxygen atoms in total. The van der Waals surface area contributed by atoms with Gasteiger partial charge in [0.05, 0.1) is 17.1 Å². The molecule has 0 radical (unpaired) electrons. The van der Waals surface area contributed by atoms with Gasteiger partial charge in [-0.25, -0.2) is 0 Å². The maximum absolute atomic E-state index is 12.7. The molecule has 1 N–H and O–H groups in total. The highest BCUT2D eigenvalue weighted by atomic mass is 32.2. The Balaban J connectivity index is 1.73. The lowest BCUT2D eigenvalue weighted by Gasteiger charge is -2.10. The molecule has 0 fully saturated rings. The van der Waals surface area contributed by atoms with E-state index in [0.29, 0.717) is 22.2 Å². The van der Waals surface area contributed by atoms with Gasteiger partial charge < -0.3 is 14.3 Å². The van der Waals surface area contributed by atoms with Gasteiger partial charge in [-0.1, -0.05) is 11.8 Å². The highest BCUT2D eigenvalue weighted by Gasteiger charge is 2.21. The van der Waals surface area contributed by atoms with E-state index in [2.05, 4.69) is 15.5 Å². The Kier molecular flexibility index (Phi) is 5.46. The fourth-order valence-electron chi connectivity index (χ4n) is 2.64. The van der Waals surface area contributed by atoms with E-state index in [9.17, 15) is 9.59 Å². The fraction of sp³-hybridized carbons (Fsp3) is 0.263. The first-order valence-electron chi connectivity index (χ1n) is 8.39. The van der Waals surface area contributed by atoms with E-state index in [1.165, 1.54) is 18.7 Å². The Bertz CT molecular complexity index is 975. The summed E-state index contributed by atoms with van der Waals surface area (Å²) < 4.78 is 7.18. The van der Waals surface area contributed by atoms with Crippen LogP contribution in [0.1, 0.15) is 30.0 Å². The largest absolute Gasteiger partial charge is 0.469 e. The molecule has 0 bridgehead atoms. The topological polar surface area (TPSA) is 90.0 Å². The van der Waals surface area contributed by atoms with Gasteiger partial charge in [-0.15, -0.1) is 10.2 Å². The molecule has 0 unspecified atom stereocenters. The lowest BCUT2D eigenvalue weighted by atomic mass is 10.1. The fourth-order valence-corrected chi connectivity index (χ4v) is 3.53. The molecule has 140 valence electrons. The van der Waals surface area contributed by atoms with Crippen LogP contribution in [-0.2, 0) is 11.8 Å². The number of carbonyl (C=O) groups excluding carboxylic acids is 2. The first-order valence-corrected chi connectivity index (χ1v) is 9.27. The Morgan fingerprint density at radius 1 is 1.19 bits per heavy atom. The summed E-state index contributed by atoms with van der Waals surface area (Å²) in [4.78, 5) is 23.8. The summed E-state index contributed by atoms with van der Waals surface area (Å²) in [5.74, 6) is 1.30. The predicted molar refractivity (Wildman–Crippen MR) is 104 cm³/mol. The van der Waals surface area contributed by atoms with Crippen LogP contribution in [0.15, 0.2) is 46.2 Å². The first kappa shape index (κ1) is 18.9. The van der Waals surface area contributed by atoms with E-state index in [1.54, 1.807) is 30.5 Å². The number of nitrogens with zero attached hydrogens (tertiary/aromatic N) is 3. The van der Waals surface area contributed by atoms with E-state index in [4.69, 9.17) is 4.42 Å². The van der Waals surface area contributed by atoms with Crippen LogP contribution in [0.2, 0.25) is 0 Å². The molecule has 1 atom stereocenters. The summed E-state index contributed by atoms with van der Waals surface area (Å²) in [6.07, 6.45) is 1.61. The maximum Gasteiger partial charge on any atom is 0.221 e. The number of aromatic nitrogens is 3. The molecule has 2 aromatic heterocycles. The third-order valence-corrected chi connectivity index (χ3v) is 5.21. The molecule has 0 spiro atoms. The number of hydrogen-bond donors (Lipinski definition) is 1. The Morgan fingerprint density at radius 2 is 1.89 bits per heavy atom. The minimum atomic E-state index is -0.335. The molecule has 3 aromatic rings. The second kappa shape index (κ2) is 7.79. The van der Waals surface area contributed by atoms with Gasteiger partial charge in [0, 0.05) is 25.2 Å². The zero-order valence-electron chi connectivity index (χ0n) is 15.5. The zero-order valence-corrected chi connectivity index (χ0v) is 16.3. The van der Waals surface area contributed by atoms with Crippen LogP contribution >= 0.6 is 11.8 Å². The van der Waals surface area contributed by atoms with Crippen molar-refractivity contribution >= 4 is 29.1 Å². The Labute approximate surface area is 161 Å². The average molecular weight is 384 g/mol. The third kappa shape index (κ3) is 4.11. The smallest absolute Gasteiger partial charge is 0.221 e. The predicted octanol–water partition coefficient (Wildman–Crippen LogP) is 3.71. The van der Waals surface area contributed by atoms with Crippen molar-refractivity contribution in [2.45, 2.75) is 31.2 Å². The monoisotopic (exact) mass is 384 g/mol. The Morgan fingerprint density at radius 3 is 2.48 bits per heavy atom. The number of benzene rings is 1. The van der Waals surface area contributed by atoms with Crippen molar-refractivity contribution in [2.24, 2.45) is 7.05 Å². The van der Waals surface area contributed by atoms with Crippen LogP contribution < -0.4 is 5.32 Å². The molecule has 3 rings (SSSR count). The van der Waals surface area contributed by atoms with Crippen molar-refractivity contribution in [1.82, 2.24) is 14.8 Å². The number of rotatable bonds is 6. The summed E-state index contributed by atoms with van der Waals surface area (Å²) in [6.45, 7) is 5.15. The molecule has 1 aromatic carbocycles. The van der Waals surface area contributed by atoms with Gasteiger partial charge in [0.15, 0.2) is 16.8 Å². The minimum absolute atomic E-state index is 0.0154. The molecule has 1 amide bonds. The summed E-state index contributed by atoms with van der Waals surface area (Å²) in [6, 6.07) is 8.70. The number of ketones is 1. The van der Waals surface area contributed by atoms with Crippen molar-refractivity contribution in [3.8, 4) is 11.4 Å². The normalized spacial score (nSPS) is 12.0. The zero-order chi connectivity index (χ0) is 19.6. The van der Waals surface area contributed by atoms with Crippen LogP contribution in [0, 0.1) is 6.92 Å². The lowest BCUT2D eigenvalue weighted by Crippen LogP contribution is -2.14. The molecule has 0 aliphatic heterocycles. The van der Waals surface area contributed by atoms with Crippen LogP contribution in [-0.4, -0.2) is 31.7 Å². The first-order chi connectivity index (χ1) is 12.9. The van der Waals surface area contributed by atoms with Crippen LogP contribution in [0.25, 0.3) is 11.4 Å². The van der Waals surface area contributed by atoms with Gasteiger partial charge in [0.1, 0.15) is 5.76 Å². The van der Waals surface area contributed by atoms with Gasteiger partial charge in [-0.05, 0) is 44.2 Å². The van der Waals surface area contributed by atoms with Crippen molar-refractivity contribution in [3.63, 3.8) is 0 Å². The van der Waals surface area contributed by atoms with E-state index >= 15 is 0 Å². The molecule has 8 heteroatoms. The van der Waals surface area contributed by atoms with Crippen molar-refractivity contribution in [2.75, 3.05) is 5.32 Å². The van der Waals surface area contributed by atoms with Gasteiger partial charge in [0.2, 0.25) is 5.91 Å². The SMILES string of the molecule is CC(=O)Nc1ccc(C(=O)[C@H](C)Sc2nnc(-c3ccoc3C)n2C)cc1. The summed E-state index contributed by atoms with van der Waals surface area (Å²) >= 11 is 1.35. The number of carbonyl (C=O) groups is 2. The number of furan rings is 1. The van der Waals surface area contributed by atoms with E-state index in [1.807, 2.05) is 31.5 Å². The van der Waals surface area contributed by atoms with Gasteiger partial charge in [-0.2, -0.15) is 0 Å². The summed E-state index contributed by atoms with van der Waals surface area (Å²) in [5.41, 5.74) is 2.12. The van der Waals surface area contributed by atoms with Crippen LogP contribution in [0.5, 0.6) is 0 Å². The summed E-state index contributed by atoms with van der Waals surface area (Å²) in [7, 11) is 1.86. The van der Waals surface area contributed by atoms with Gasteiger partial charge >= 0.3 is 0 Å². The standard InChI is InChI=1S/C19H20N4O3S/c1-11-16(9-10-26-11)18-21-22-19(23(18)4)27-12(2)17(25)14-5-7-15(8-6-14)20-13(3)24/h5-10,12H,1-4H3,(H,20,24)/t12-/m0/s1. The van der Waals surface area contributed by atoms with Crippen LogP contribution in [0.4, 0.5) is 5.69 Å². The number of amides is 1. The third-order valence-electron chi connectivity index (χ3n) is 4.08. The van der Waals surface area contributed by atoms with E-state index < -0.39 is 0 Å². The number of hydrogen-bond acceptors (Lipinski definition) is 6. The van der Waals surface area contributed by atoms with E-state index in [0.717, 1.165) is 11.3 Å². The van der Waals surface area contributed by atoms with Gasteiger partial charge in [-0.3, -0.25) is 9.59 Å². The molecule has 0 aliphatic rings.